The highest BCUT2D eigenvalue weighted by Gasteiger charge is 1.98. The molecule has 0 aromatic carbocycles. The van der Waals surface area contributed by atoms with Crippen molar-refractivity contribution in [2.45, 2.75) is 71.1 Å². The summed E-state index contributed by atoms with van der Waals surface area (Å²) >= 11 is 0. The van der Waals surface area contributed by atoms with E-state index < -0.39 is 5.97 Å². The summed E-state index contributed by atoms with van der Waals surface area (Å²) in [6.07, 6.45) is 12.4. The van der Waals surface area contributed by atoms with Crippen molar-refractivity contribution in [1.82, 2.24) is 0 Å². The standard InChI is InChI=1S/C14H26O3/c1-2-3-4-5-6-7-8-9-10-11-13(15)12-14(16)17/h12,15H,2-11H2,1H3,(H,16,17)/b13-12-. The van der Waals surface area contributed by atoms with Crippen LogP contribution in [0.2, 0.25) is 0 Å². The molecule has 0 aliphatic carbocycles. The smallest absolute Gasteiger partial charge is 0.331 e. The van der Waals surface area contributed by atoms with Gasteiger partial charge in [0.2, 0.25) is 0 Å². The highest BCUT2D eigenvalue weighted by Crippen LogP contribution is 2.12. The maximum atomic E-state index is 10.2. The molecule has 0 fully saturated rings. The Kier molecular flexibility index (Phi) is 10.8. The van der Waals surface area contributed by atoms with Gasteiger partial charge in [-0.25, -0.2) is 4.79 Å². The van der Waals surface area contributed by atoms with E-state index in [4.69, 9.17) is 5.11 Å². The van der Waals surface area contributed by atoms with Crippen LogP contribution in [-0.4, -0.2) is 16.2 Å². The lowest BCUT2D eigenvalue weighted by molar-refractivity contribution is -0.131. The molecule has 100 valence electrons. The van der Waals surface area contributed by atoms with E-state index in [-0.39, 0.29) is 5.76 Å². The molecule has 0 spiro atoms. The Morgan fingerprint density at radius 1 is 0.882 bits per heavy atom. The minimum Gasteiger partial charge on any atom is -0.512 e. The highest BCUT2D eigenvalue weighted by atomic mass is 16.4. The average Bonchev–Trinajstić information content (AvgIpc) is 2.26. The molecule has 17 heavy (non-hydrogen) atoms. The van der Waals surface area contributed by atoms with Crippen LogP contribution >= 0.6 is 0 Å². The third kappa shape index (κ3) is 12.9. The SMILES string of the molecule is CCCCCCCCCCC/C(O)=C/C(=O)O. The first-order valence-electron chi connectivity index (χ1n) is 6.79. The Bertz CT molecular complexity index is 222. The zero-order chi connectivity index (χ0) is 12.9. The van der Waals surface area contributed by atoms with E-state index in [2.05, 4.69) is 6.92 Å². The van der Waals surface area contributed by atoms with Crippen molar-refractivity contribution in [1.29, 1.82) is 0 Å². The van der Waals surface area contributed by atoms with Crippen molar-refractivity contribution >= 4 is 5.97 Å². The predicted molar refractivity (Wildman–Crippen MR) is 70.2 cm³/mol. The molecule has 3 nitrogen and oxygen atoms in total. The molecule has 0 aliphatic heterocycles. The molecule has 0 heterocycles. The van der Waals surface area contributed by atoms with E-state index in [9.17, 15) is 9.90 Å². The molecular weight excluding hydrogens is 216 g/mol. The number of rotatable bonds is 11. The van der Waals surface area contributed by atoms with E-state index in [1.807, 2.05) is 0 Å². The monoisotopic (exact) mass is 242 g/mol. The summed E-state index contributed by atoms with van der Waals surface area (Å²) in [5.74, 6) is -1.08. The third-order valence-electron chi connectivity index (χ3n) is 2.83. The summed E-state index contributed by atoms with van der Waals surface area (Å²) in [6.45, 7) is 2.22. The minimum absolute atomic E-state index is 0.0135. The lowest BCUT2D eigenvalue weighted by Crippen LogP contribution is -1.92. The van der Waals surface area contributed by atoms with E-state index in [1.165, 1.54) is 44.9 Å². The number of aliphatic carboxylic acids is 1. The fourth-order valence-electron chi connectivity index (χ4n) is 1.83. The molecule has 0 aromatic heterocycles. The van der Waals surface area contributed by atoms with Crippen LogP contribution in [-0.2, 0) is 4.79 Å². The Balaban J connectivity index is 3.21. The largest absolute Gasteiger partial charge is 0.512 e. The van der Waals surface area contributed by atoms with Crippen LogP contribution in [0.25, 0.3) is 0 Å². The van der Waals surface area contributed by atoms with E-state index in [0.29, 0.717) is 6.42 Å². The summed E-state index contributed by atoms with van der Waals surface area (Å²) in [6, 6.07) is 0. The molecule has 0 radical (unpaired) electrons. The number of allylic oxidation sites excluding steroid dienone is 1. The lowest BCUT2D eigenvalue weighted by Gasteiger charge is -2.01. The molecule has 0 saturated heterocycles. The van der Waals surface area contributed by atoms with Crippen LogP contribution in [0.4, 0.5) is 0 Å². The molecule has 0 bridgehead atoms. The first kappa shape index (κ1) is 16.0. The first-order valence-corrected chi connectivity index (χ1v) is 6.79. The number of carboxylic acids is 1. The molecule has 0 saturated carbocycles. The Morgan fingerprint density at radius 2 is 1.35 bits per heavy atom. The molecule has 0 atom stereocenters. The summed E-state index contributed by atoms with van der Waals surface area (Å²) in [5, 5.41) is 17.6. The van der Waals surface area contributed by atoms with Gasteiger partial charge in [0, 0.05) is 6.42 Å². The molecule has 2 N–H and O–H groups in total. The zero-order valence-electron chi connectivity index (χ0n) is 11.0. The second-order valence-corrected chi connectivity index (χ2v) is 4.55. The van der Waals surface area contributed by atoms with Crippen molar-refractivity contribution in [3.63, 3.8) is 0 Å². The second kappa shape index (κ2) is 11.5. The number of carboxylic acid groups (broad SMARTS) is 1. The van der Waals surface area contributed by atoms with Gasteiger partial charge in [-0.15, -0.1) is 0 Å². The number of hydrogen-bond donors (Lipinski definition) is 2. The van der Waals surface area contributed by atoms with Gasteiger partial charge in [0.05, 0.1) is 11.8 Å². The van der Waals surface area contributed by atoms with Crippen LogP contribution in [0.5, 0.6) is 0 Å². The minimum atomic E-state index is -1.07. The summed E-state index contributed by atoms with van der Waals surface area (Å²) in [5.41, 5.74) is 0. The van der Waals surface area contributed by atoms with Crippen LogP contribution in [0.3, 0.4) is 0 Å². The fraction of sp³-hybridized carbons (Fsp3) is 0.786. The van der Waals surface area contributed by atoms with E-state index >= 15 is 0 Å². The Morgan fingerprint density at radius 3 is 1.82 bits per heavy atom. The molecular formula is C14H26O3. The van der Waals surface area contributed by atoms with Crippen molar-refractivity contribution in [2.24, 2.45) is 0 Å². The van der Waals surface area contributed by atoms with Gasteiger partial charge in [0.1, 0.15) is 0 Å². The summed E-state index contributed by atoms with van der Waals surface area (Å²) in [7, 11) is 0. The second-order valence-electron chi connectivity index (χ2n) is 4.55. The molecule has 0 unspecified atom stereocenters. The van der Waals surface area contributed by atoms with Crippen molar-refractivity contribution in [2.75, 3.05) is 0 Å². The molecule has 0 aliphatic rings. The first-order chi connectivity index (χ1) is 8.16. The van der Waals surface area contributed by atoms with Gasteiger partial charge in [0.25, 0.3) is 0 Å². The van der Waals surface area contributed by atoms with Crippen LogP contribution < -0.4 is 0 Å². The molecule has 3 heteroatoms. The van der Waals surface area contributed by atoms with Crippen molar-refractivity contribution in [3.05, 3.63) is 11.8 Å². The quantitative estimate of drug-likeness (QED) is 0.320. The number of unbranched alkanes of at least 4 members (excludes halogenated alkanes) is 8. The van der Waals surface area contributed by atoms with E-state index in [0.717, 1.165) is 18.9 Å². The van der Waals surface area contributed by atoms with E-state index in [1.54, 1.807) is 0 Å². The van der Waals surface area contributed by atoms with Gasteiger partial charge in [-0.3, -0.25) is 0 Å². The molecule has 0 aromatic rings. The van der Waals surface area contributed by atoms with Gasteiger partial charge in [-0.2, -0.15) is 0 Å². The molecule has 0 amide bonds. The van der Waals surface area contributed by atoms with Crippen LogP contribution in [0.15, 0.2) is 11.8 Å². The maximum Gasteiger partial charge on any atom is 0.331 e. The maximum absolute atomic E-state index is 10.2. The van der Waals surface area contributed by atoms with Crippen molar-refractivity contribution < 1.29 is 15.0 Å². The van der Waals surface area contributed by atoms with Gasteiger partial charge >= 0.3 is 5.97 Å². The predicted octanol–water partition coefficient (Wildman–Crippen LogP) is 4.43. The zero-order valence-corrected chi connectivity index (χ0v) is 11.0. The number of aliphatic hydroxyl groups excluding tert-OH is 1. The lowest BCUT2D eigenvalue weighted by atomic mass is 10.1. The highest BCUT2D eigenvalue weighted by molar-refractivity contribution is 5.80. The van der Waals surface area contributed by atoms with Crippen LogP contribution in [0, 0.1) is 0 Å². The third-order valence-corrected chi connectivity index (χ3v) is 2.83. The molecule has 0 rings (SSSR count). The number of hydrogen-bond acceptors (Lipinski definition) is 2. The van der Waals surface area contributed by atoms with Gasteiger partial charge in [-0.05, 0) is 6.42 Å². The van der Waals surface area contributed by atoms with Gasteiger partial charge in [-0.1, -0.05) is 58.3 Å². The summed E-state index contributed by atoms with van der Waals surface area (Å²) < 4.78 is 0. The van der Waals surface area contributed by atoms with Gasteiger partial charge < -0.3 is 10.2 Å². The normalized spacial score (nSPS) is 11.7. The van der Waals surface area contributed by atoms with Crippen molar-refractivity contribution in [3.8, 4) is 0 Å². The topological polar surface area (TPSA) is 57.5 Å². The fourth-order valence-corrected chi connectivity index (χ4v) is 1.83. The number of carbonyl (C=O) groups is 1. The van der Waals surface area contributed by atoms with Gasteiger partial charge in [0.15, 0.2) is 0 Å². The number of aliphatic hydroxyl groups is 1. The Labute approximate surface area is 105 Å². The average molecular weight is 242 g/mol. The summed E-state index contributed by atoms with van der Waals surface area (Å²) in [4.78, 5) is 10.2. The van der Waals surface area contributed by atoms with Crippen LogP contribution in [0.1, 0.15) is 71.1 Å². The Hall–Kier alpha value is -0.990.